The van der Waals surface area contributed by atoms with Crippen LogP contribution < -0.4 is 0 Å². The molecular weight excluding hydrogens is 210 g/mol. The van der Waals surface area contributed by atoms with E-state index in [1.165, 1.54) is 22.5 Å². The predicted octanol–water partition coefficient (Wildman–Crippen LogP) is 3.45. The first-order valence-electron chi connectivity index (χ1n) is 6.10. The highest BCUT2D eigenvalue weighted by atomic mass is 16.1. The van der Waals surface area contributed by atoms with Gasteiger partial charge in [0, 0.05) is 24.9 Å². The van der Waals surface area contributed by atoms with Crippen molar-refractivity contribution in [3.05, 3.63) is 34.7 Å². The second-order valence-corrected chi connectivity index (χ2v) is 5.12. The van der Waals surface area contributed by atoms with E-state index in [0.29, 0.717) is 17.9 Å². The van der Waals surface area contributed by atoms with Crippen LogP contribution in [0.3, 0.4) is 0 Å². The van der Waals surface area contributed by atoms with Gasteiger partial charge in [0.1, 0.15) is 0 Å². The van der Waals surface area contributed by atoms with Crippen molar-refractivity contribution in [2.75, 3.05) is 0 Å². The van der Waals surface area contributed by atoms with Crippen LogP contribution >= 0.6 is 0 Å². The molecule has 0 aliphatic carbocycles. The Morgan fingerprint density at radius 1 is 1.35 bits per heavy atom. The van der Waals surface area contributed by atoms with E-state index in [9.17, 15) is 4.79 Å². The van der Waals surface area contributed by atoms with Crippen molar-refractivity contribution in [1.82, 2.24) is 4.57 Å². The molecule has 1 aromatic rings. The molecule has 94 valence electrons. The number of aromatic nitrogens is 1. The molecular formula is C15H23NO. The average Bonchev–Trinajstić information content (AvgIpc) is 2.43. The third kappa shape index (κ3) is 2.51. The van der Waals surface area contributed by atoms with Gasteiger partial charge in [-0.1, -0.05) is 20.4 Å². The Kier molecular flexibility index (Phi) is 3.97. The molecule has 2 nitrogen and oxygen atoms in total. The number of carbonyl (C=O) groups excluding carboxylic acids is 1. The minimum atomic E-state index is 0.0839. The zero-order valence-electron chi connectivity index (χ0n) is 11.8. The Balaban J connectivity index is 3.27. The Labute approximate surface area is 104 Å². The number of hydrogen-bond acceptors (Lipinski definition) is 1. The normalized spacial score (nSPS) is 11.0. The van der Waals surface area contributed by atoms with E-state index < -0.39 is 0 Å². The van der Waals surface area contributed by atoms with E-state index in [0.717, 1.165) is 0 Å². The molecule has 0 unspecified atom stereocenters. The highest BCUT2D eigenvalue weighted by Gasteiger charge is 2.19. The lowest BCUT2D eigenvalue weighted by molar-refractivity contribution is -0.113. The number of Topliss-reactive ketones (excluding diaryl/α,β-unsaturated/α-hetero) is 1. The summed E-state index contributed by atoms with van der Waals surface area (Å²) in [5, 5.41) is 0. The molecule has 0 fully saturated rings. The van der Waals surface area contributed by atoms with E-state index in [1.807, 2.05) is 0 Å². The number of allylic oxidation sites excluding steroid dienone is 1. The smallest absolute Gasteiger partial charge is 0.155 e. The predicted molar refractivity (Wildman–Crippen MR) is 72.5 cm³/mol. The van der Waals surface area contributed by atoms with Gasteiger partial charge in [0.25, 0.3) is 0 Å². The first-order valence-corrected chi connectivity index (χ1v) is 6.10. The molecule has 1 aromatic heterocycles. The number of nitrogens with zero attached hydrogens (tertiary/aromatic N) is 1. The fourth-order valence-corrected chi connectivity index (χ4v) is 2.34. The van der Waals surface area contributed by atoms with E-state index in [1.54, 1.807) is 6.92 Å². The van der Waals surface area contributed by atoms with Gasteiger partial charge < -0.3 is 4.57 Å². The van der Waals surface area contributed by atoms with Crippen LogP contribution in [0.15, 0.2) is 12.2 Å². The van der Waals surface area contributed by atoms with Crippen LogP contribution in [0.2, 0.25) is 0 Å². The second kappa shape index (κ2) is 4.91. The monoisotopic (exact) mass is 233 g/mol. The molecule has 2 heteroatoms. The Bertz CT molecular complexity index is 464. The molecule has 0 aliphatic heterocycles. The summed E-state index contributed by atoms with van der Waals surface area (Å²) in [6.45, 7) is 14.1. The molecule has 0 aliphatic rings. The number of hydrogen-bond donors (Lipinski definition) is 0. The zero-order valence-corrected chi connectivity index (χ0v) is 11.8. The lowest BCUT2D eigenvalue weighted by Crippen LogP contribution is -2.05. The van der Waals surface area contributed by atoms with Gasteiger partial charge in [-0.15, -0.1) is 0 Å². The van der Waals surface area contributed by atoms with Crippen molar-refractivity contribution in [2.24, 2.45) is 7.05 Å². The molecule has 0 N–H and O–H groups in total. The zero-order chi connectivity index (χ0) is 13.3. The van der Waals surface area contributed by atoms with Gasteiger partial charge in [0.05, 0.1) is 0 Å². The maximum absolute atomic E-state index is 11.3. The summed E-state index contributed by atoms with van der Waals surface area (Å²) in [6.07, 6.45) is 0.677. The van der Waals surface area contributed by atoms with E-state index in [2.05, 4.69) is 45.9 Å². The Hall–Kier alpha value is -1.31. The lowest BCUT2D eigenvalue weighted by Gasteiger charge is -2.12. The van der Waals surface area contributed by atoms with Gasteiger partial charge in [-0.3, -0.25) is 4.79 Å². The molecule has 1 rings (SSSR count). The fourth-order valence-electron chi connectivity index (χ4n) is 2.34. The van der Waals surface area contributed by atoms with Gasteiger partial charge >= 0.3 is 0 Å². The number of ketones is 1. The Morgan fingerprint density at radius 2 is 1.88 bits per heavy atom. The van der Waals surface area contributed by atoms with Crippen molar-refractivity contribution >= 4 is 5.78 Å². The standard InChI is InChI=1S/C15H23NO/c1-9(2)15-14(8-10(3)13(6)17)11(4)12(5)16(15)7/h9H,3,8H2,1-2,4-7H3. The third-order valence-electron chi connectivity index (χ3n) is 3.60. The molecule has 17 heavy (non-hydrogen) atoms. The second-order valence-electron chi connectivity index (χ2n) is 5.12. The van der Waals surface area contributed by atoms with Gasteiger partial charge in [0.2, 0.25) is 0 Å². The molecule has 0 radical (unpaired) electrons. The third-order valence-corrected chi connectivity index (χ3v) is 3.60. The summed E-state index contributed by atoms with van der Waals surface area (Å²) < 4.78 is 2.24. The van der Waals surface area contributed by atoms with Gasteiger partial charge in [0.15, 0.2) is 5.78 Å². The largest absolute Gasteiger partial charge is 0.351 e. The van der Waals surface area contributed by atoms with E-state index >= 15 is 0 Å². The van der Waals surface area contributed by atoms with Crippen molar-refractivity contribution in [3.63, 3.8) is 0 Å². The van der Waals surface area contributed by atoms with Crippen molar-refractivity contribution in [3.8, 4) is 0 Å². The van der Waals surface area contributed by atoms with Gasteiger partial charge in [-0.2, -0.15) is 0 Å². The van der Waals surface area contributed by atoms with Crippen LogP contribution in [0, 0.1) is 13.8 Å². The van der Waals surface area contributed by atoms with Crippen LogP contribution in [0.5, 0.6) is 0 Å². The van der Waals surface area contributed by atoms with E-state index in [-0.39, 0.29) is 5.78 Å². The molecule has 0 bridgehead atoms. The lowest BCUT2D eigenvalue weighted by atomic mass is 9.96. The Morgan fingerprint density at radius 3 is 2.29 bits per heavy atom. The summed E-state index contributed by atoms with van der Waals surface area (Å²) in [5.41, 5.74) is 5.86. The minimum absolute atomic E-state index is 0.0839. The van der Waals surface area contributed by atoms with Gasteiger partial charge in [-0.25, -0.2) is 0 Å². The van der Waals surface area contributed by atoms with Crippen molar-refractivity contribution in [2.45, 2.75) is 47.0 Å². The summed E-state index contributed by atoms with van der Waals surface area (Å²) in [6, 6.07) is 0. The first-order chi connectivity index (χ1) is 7.77. The maximum Gasteiger partial charge on any atom is 0.155 e. The van der Waals surface area contributed by atoms with Crippen LogP contribution in [0.4, 0.5) is 0 Å². The van der Waals surface area contributed by atoms with Crippen LogP contribution in [0.1, 0.15) is 49.2 Å². The average molecular weight is 233 g/mol. The molecule has 0 spiro atoms. The SMILES string of the molecule is C=C(Cc1c(C)c(C)n(C)c1C(C)C)C(C)=O. The quantitative estimate of drug-likeness (QED) is 0.730. The highest BCUT2D eigenvalue weighted by molar-refractivity contribution is 5.93. The molecule has 0 amide bonds. The molecule has 1 heterocycles. The number of rotatable bonds is 4. The van der Waals surface area contributed by atoms with Crippen molar-refractivity contribution in [1.29, 1.82) is 0 Å². The van der Waals surface area contributed by atoms with Crippen LogP contribution in [0.25, 0.3) is 0 Å². The fraction of sp³-hybridized carbons (Fsp3) is 0.533. The maximum atomic E-state index is 11.3. The highest BCUT2D eigenvalue weighted by Crippen LogP contribution is 2.29. The number of carbonyl (C=O) groups is 1. The molecule has 0 aromatic carbocycles. The summed E-state index contributed by atoms with van der Waals surface area (Å²) in [7, 11) is 2.09. The first kappa shape index (κ1) is 13.8. The topological polar surface area (TPSA) is 22.0 Å². The van der Waals surface area contributed by atoms with Crippen LogP contribution in [-0.2, 0) is 18.3 Å². The summed E-state index contributed by atoms with van der Waals surface area (Å²) in [5.74, 6) is 0.544. The van der Waals surface area contributed by atoms with E-state index in [4.69, 9.17) is 0 Å². The molecule has 0 saturated carbocycles. The van der Waals surface area contributed by atoms with Gasteiger partial charge in [-0.05, 0) is 43.4 Å². The summed E-state index contributed by atoms with van der Waals surface area (Å²) in [4.78, 5) is 11.3. The summed E-state index contributed by atoms with van der Waals surface area (Å²) >= 11 is 0. The molecule has 0 atom stereocenters. The molecule has 0 saturated heterocycles. The minimum Gasteiger partial charge on any atom is -0.351 e. The van der Waals surface area contributed by atoms with Crippen molar-refractivity contribution < 1.29 is 4.79 Å². The van der Waals surface area contributed by atoms with Crippen LogP contribution in [-0.4, -0.2) is 10.4 Å².